The van der Waals surface area contributed by atoms with Crippen LogP contribution in [0, 0.1) is 0 Å². The third-order valence-corrected chi connectivity index (χ3v) is 2.07. The summed E-state index contributed by atoms with van der Waals surface area (Å²) in [5.74, 6) is 0.242. The lowest BCUT2D eigenvalue weighted by Crippen LogP contribution is -1.95. The van der Waals surface area contributed by atoms with Crippen molar-refractivity contribution in [2.75, 3.05) is 0 Å². The molecule has 1 aromatic rings. The largest absolute Gasteiger partial charge is 0.300 e. The van der Waals surface area contributed by atoms with E-state index in [1.165, 1.54) is 5.56 Å². The Balaban J connectivity index is 2.69. The minimum absolute atomic E-state index is 0.242. The highest BCUT2D eigenvalue weighted by Gasteiger charge is 2.05. The Kier molecular flexibility index (Phi) is 3.23. The molecule has 72 valence electrons. The van der Waals surface area contributed by atoms with Crippen molar-refractivity contribution in [2.24, 2.45) is 7.05 Å². The van der Waals surface area contributed by atoms with Gasteiger partial charge in [0.1, 0.15) is 5.78 Å². The average molecular weight is 180 g/mol. The van der Waals surface area contributed by atoms with E-state index in [-0.39, 0.29) is 5.78 Å². The van der Waals surface area contributed by atoms with Crippen molar-refractivity contribution in [3.8, 4) is 0 Å². The van der Waals surface area contributed by atoms with E-state index < -0.39 is 0 Å². The maximum Gasteiger partial charge on any atom is 0.130 e. The van der Waals surface area contributed by atoms with Gasteiger partial charge < -0.3 is 4.79 Å². The standard InChI is InChI=1S/C10H16N2O/c1-4-10-9(6-5-8(2)13)7-12(3)11-10/h7H,4-6H2,1-3H3. The monoisotopic (exact) mass is 180 g/mol. The highest BCUT2D eigenvalue weighted by Crippen LogP contribution is 2.09. The van der Waals surface area contributed by atoms with E-state index >= 15 is 0 Å². The second-order valence-corrected chi connectivity index (χ2v) is 3.33. The molecule has 0 bridgehead atoms. The molecule has 0 spiro atoms. The molecule has 0 atom stereocenters. The Labute approximate surface area is 78.8 Å². The normalized spacial score (nSPS) is 10.4. The molecule has 1 heterocycles. The summed E-state index contributed by atoms with van der Waals surface area (Å²) in [6.07, 6.45) is 4.39. The van der Waals surface area contributed by atoms with Crippen LogP contribution in [0.1, 0.15) is 31.5 Å². The van der Waals surface area contributed by atoms with Gasteiger partial charge in [-0.15, -0.1) is 0 Å². The third-order valence-electron chi connectivity index (χ3n) is 2.07. The summed E-state index contributed by atoms with van der Waals surface area (Å²) < 4.78 is 1.81. The van der Waals surface area contributed by atoms with Crippen molar-refractivity contribution >= 4 is 5.78 Å². The predicted octanol–water partition coefficient (Wildman–Crippen LogP) is 1.50. The Morgan fingerprint density at radius 2 is 2.31 bits per heavy atom. The summed E-state index contributed by atoms with van der Waals surface area (Å²) in [6, 6.07) is 0. The summed E-state index contributed by atoms with van der Waals surface area (Å²) in [7, 11) is 1.91. The molecule has 3 heteroatoms. The summed E-state index contributed by atoms with van der Waals surface area (Å²) in [4.78, 5) is 10.8. The van der Waals surface area contributed by atoms with Crippen molar-refractivity contribution in [1.82, 2.24) is 9.78 Å². The maximum atomic E-state index is 10.8. The van der Waals surface area contributed by atoms with Crippen LogP contribution in [0.4, 0.5) is 0 Å². The molecule has 0 aliphatic rings. The Morgan fingerprint density at radius 1 is 1.62 bits per heavy atom. The van der Waals surface area contributed by atoms with Gasteiger partial charge in [-0.05, 0) is 25.3 Å². The number of hydrogen-bond acceptors (Lipinski definition) is 2. The fourth-order valence-electron chi connectivity index (χ4n) is 1.40. The fourth-order valence-corrected chi connectivity index (χ4v) is 1.40. The van der Waals surface area contributed by atoms with Crippen molar-refractivity contribution in [2.45, 2.75) is 33.1 Å². The number of carbonyl (C=O) groups excluding carboxylic acids is 1. The quantitative estimate of drug-likeness (QED) is 0.704. The zero-order valence-corrected chi connectivity index (χ0v) is 8.50. The number of carbonyl (C=O) groups is 1. The van der Waals surface area contributed by atoms with Gasteiger partial charge in [0, 0.05) is 19.7 Å². The third kappa shape index (κ3) is 2.68. The van der Waals surface area contributed by atoms with E-state index in [0.29, 0.717) is 6.42 Å². The molecule has 0 N–H and O–H groups in total. The molecule has 13 heavy (non-hydrogen) atoms. The molecule has 0 aliphatic heterocycles. The lowest BCUT2D eigenvalue weighted by Gasteiger charge is -1.96. The van der Waals surface area contributed by atoms with Gasteiger partial charge in [0.2, 0.25) is 0 Å². The van der Waals surface area contributed by atoms with Crippen LogP contribution in [0.3, 0.4) is 0 Å². The van der Waals surface area contributed by atoms with Crippen LogP contribution >= 0.6 is 0 Å². The SMILES string of the molecule is CCc1nn(C)cc1CCC(C)=O. The van der Waals surface area contributed by atoms with Gasteiger partial charge in [-0.25, -0.2) is 0 Å². The number of hydrogen-bond donors (Lipinski definition) is 0. The number of nitrogens with zero attached hydrogens (tertiary/aromatic N) is 2. The van der Waals surface area contributed by atoms with Crippen LogP contribution in [0.15, 0.2) is 6.20 Å². The van der Waals surface area contributed by atoms with E-state index in [9.17, 15) is 4.79 Å². The van der Waals surface area contributed by atoms with Crippen LogP contribution in [-0.4, -0.2) is 15.6 Å². The summed E-state index contributed by atoms with van der Waals surface area (Å²) in [5, 5.41) is 4.31. The molecule has 0 aliphatic carbocycles. The Bertz CT molecular complexity index is 302. The van der Waals surface area contributed by atoms with Gasteiger partial charge in [-0.2, -0.15) is 5.10 Å². The smallest absolute Gasteiger partial charge is 0.130 e. The number of rotatable bonds is 4. The Hall–Kier alpha value is -1.12. The van der Waals surface area contributed by atoms with Gasteiger partial charge >= 0.3 is 0 Å². The van der Waals surface area contributed by atoms with E-state index in [2.05, 4.69) is 12.0 Å². The second kappa shape index (κ2) is 4.21. The van der Waals surface area contributed by atoms with E-state index in [1.54, 1.807) is 6.92 Å². The van der Waals surface area contributed by atoms with Crippen molar-refractivity contribution < 1.29 is 4.79 Å². The van der Waals surface area contributed by atoms with Crippen LogP contribution in [0.5, 0.6) is 0 Å². The first-order valence-corrected chi connectivity index (χ1v) is 4.64. The molecule has 1 aromatic heterocycles. The van der Waals surface area contributed by atoms with Gasteiger partial charge in [0.15, 0.2) is 0 Å². The van der Waals surface area contributed by atoms with E-state index in [1.807, 2.05) is 17.9 Å². The number of aryl methyl sites for hydroxylation is 3. The second-order valence-electron chi connectivity index (χ2n) is 3.33. The van der Waals surface area contributed by atoms with Crippen LogP contribution in [-0.2, 0) is 24.7 Å². The molecule has 0 amide bonds. The van der Waals surface area contributed by atoms with Crippen molar-refractivity contribution in [3.63, 3.8) is 0 Å². The molecule has 0 fully saturated rings. The van der Waals surface area contributed by atoms with Crippen molar-refractivity contribution in [1.29, 1.82) is 0 Å². The van der Waals surface area contributed by atoms with Crippen LogP contribution in [0.2, 0.25) is 0 Å². The minimum atomic E-state index is 0.242. The molecule has 0 radical (unpaired) electrons. The van der Waals surface area contributed by atoms with E-state index in [4.69, 9.17) is 0 Å². The van der Waals surface area contributed by atoms with Gasteiger partial charge in [0.05, 0.1) is 5.69 Å². The van der Waals surface area contributed by atoms with Crippen LogP contribution < -0.4 is 0 Å². The summed E-state index contributed by atoms with van der Waals surface area (Å²) in [6.45, 7) is 3.71. The zero-order valence-electron chi connectivity index (χ0n) is 8.50. The zero-order chi connectivity index (χ0) is 9.84. The first-order chi connectivity index (χ1) is 6.13. The maximum absolute atomic E-state index is 10.8. The molecule has 3 nitrogen and oxygen atoms in total. The van der Waals surface area contributed by atoms with Gasteiger partial charge in [0.25, 0.3) is 0 Å². The van der Waals surface area contributed by atoms with Crippen LogP contribution in [0.25, 0.3) is 0 Å². The molecule has 0 saturated carbocycles. The topological polar surface area (TPSA) is 34.9 Å². The molecule has 0 aromatic carbocycles. The molecule has 0 unspecified atom stereocenters. The fraction of sp³-hybridized carbons (Fsp3) is 0.600. The van der Waals surface area contributed by atoms with Gasteiger partial charge in [-0.3, -0.25) is 4.68 Å². The lowest BCUT2D eigenvalue weighted by molar-refractivity contribution is -0.116. The first kappa shape index (κ1) is 9.96. The highest BCUT2D eigenvalue weighted by atomic mass is 16.1. The summed E-state index contributed by atoms with van der Waals surface area (Å²) in [5.41, 5.74) is 2.32. The molecule has 0 saturated heterocycles. The number of ketones is 1. The number of Topliss-reactive ketones (excluding diaryl/α,β-unsaturated/α-hetero) is 1. The molecule has 1 rings (SSSR count). The first-order valence-electron chi connectivity index (χ1n) is 4.64. The van der Waals surface area contributed by atoms with Gasteiger partial charge in [-0.1, -0.05) is 6.92 Å². The highest BCUT2D eigenvalue weighted by molar-refractivity contribution is 5.75. The summed E-state index contributed by atoms with van der Waals surface area (Å²) >= 11 is 0. The molecular weight excluding hydrogens is 164 g/mol. The Morgan fingerprint density at radius 3 is 2.85 bits per heavy atom. The van der Waals surface area contributed by atoms with E-state index in [0.717, 1.165) is 18.5 Å². The predicted molar refractivity (Wildman–Crippen MR) is 51.6 cm³/mol. The number of aromatic nitrogens is 2. The minimum Gasteiger partial charge on any atom is -0.300 e. The average Bonchev–Trinajstić information content (AvgIpc) is 2.42. The lowest BCUT2D eigenvalue weighted by atomic mass is 10.1. The molecular formula is C10H16N2O. The van der Waals surface area contributed by atoms with Crippen molar-refractivity contribution in [3.05, 3.63) is 17.5 Å².